The van der Waals surface area contributed by atoms with Gasteiger partial charge in [-0.05, 0) is 41.8 Å². The van der Waals surface area contributed by atoms with Crippen LogP contribution in [0.2, 0.25) is 0 Å². The van der Waals surface area contributed by atoms with Gasteiger partial charge in [-0.1, -0.05) is 0 Å². The summed E-state index contributed by atoms with van der Waals surface area (Å²) in [6.45, 7) is 9.84. The molecule has 4 nitrogen and oxygen atoms in total. The maximum atomic E-state index is 11.7. The molecule has 0 N–H and O–H groups in total. The van der Waals surface area contributed by atoms with Crippen LogP contribution in [-0.4, -0.2) is 55.2 Å². The molecular formula is C11H24N2O2. The topological polar surface area (TPSA) is 32.8 Å². The fourth-order valence-electron chi connectivity index (χ4n) is 1.03. The van der Waals surface area contributed by atoms with Crippen LogP contribution < -0.4 is 0 Å². The summed E-state index contributed by atoms with van der Waals surface area (Å²) in [6, 6.07) is 0. The molecule has 0 aliphatic rings. The highest BCUT2D eigenvalue weighted by atomic mass is 16.6. The van der Waals surface area contributed by atoms with Crippen molar-refractivity contribution < 1.29 is 9.53 Å². The molecule has 0 spiro atoms. The number of carbonyl (C=O) groups excluding carboxylic acids is 1. The van der Waals surface area contributed by atoms with Gasteiger partial charge in [0, 0.05) is 19.6 Å². The third-order valence-electron chi connectivity index (χ3n) is 1.85. The number of hydrogen-bond acceptors (Lipinski definition) is 3. The first-order valence-corrected chi connectivity index (χ1v) is 5.39. The number of carbonyl (C=O) groups is 1. The minimum Gasteiger partial charge on any atom is -0.444 e. The van der Waals surface area contributed by atoms with Crippen molar-refractivity contribution in [3.8, 4) is 0 Å². The summed E-state index contributed by atoms with van der Waals surface area (Å²) in [4.78, 5) is 15.4. The Balaban J connectivity index is 4.11. The van der Waals surface area contributed by atoms with Crippen LogP contribution in [0.3, 0.4) is 0 Å². The summed E-state index contributed by atoms with van der Waals surface area (Å²) < 4.78 is 5.29. The van der Waals surface area contributed by atoms with Gasteiger partial charge >= 0.3 is 6.09 Å². The van der Waals surface area contributed by atoms with Gasteiger partial charge in [0.25, 0.3) is 0 Å². The van der Waals surface area contributed by atoms with Crippen LogP contribution in [0.1, 0.15) is 27.7 Å². The van der Waals surface area contributed by atoms with E-state index in [0.29, 0.717) is 13.1 Å². The molecule has 0 atom stereocenters. The molecule has 0 fully saturated rings. The summed E-state index contributed by atoms with van der Waals surface area (Å²) in [7, 11) is 3.98. The molecule has 0 aliphatic heterocycles. The molecule has 90 valence electrons. The van der Waals surface area contributed by atoms with Crippen molar-refractivity contribution in [1.82, 2.24) is 9.80 Å². The predicted octanol–water partition coefficient (Wildman–Crippen LogP) is 1.80. The molecule has 0 rings (SSSR count). The van der Waals surface area contributed by atoms with Crippen molar-refractivity contribution in [2.45, 2.75) is 33.3 Å². The molecule has 0 radical (unpaired) electrons. The van der Waals surface area contributed by atoms with Crippen LogP contribution in [-0.2, 0) is 4.74 Å². The maximum absolute atomic E-state index is 11.7. The minimum atomic E-state index is -0.414. The van der Waals surface area contributed by atoms with Gasteiger partial charge in [-0.15, -0.1) is 0 Å². The molecular weight excluding hydrogens is 192 g/mol. The normalized spacial score (nSPS) is 11.7. The molecule has 0 aromatic heterocycles. The lowest BCUT2D eigenvalue weighted by Crippen LogP contribution is -2.40. The second kappa shape index (κ2) is 5.95. The Hall–Kier alpha value is -0.770. The van der Waals surface area contributed by atoms with Crippen LogP contribution in [0.25, 0.3) is 0 Å². The SMILES string of the molecule is CCN(CCN(C)C)C(=O)OC(C)(C)C. The van der Waals surface area contributed by atoms with E-state index in [1.54, 1.807) is 4.90 Å². The second-order valence-electron chi connectivity index (χ2n) is 4.86. The molecule has 0 unspecified atom stereocenters. The monoisotopic (exact) mass is 216 g/mol. The zero-order chi connectivity index (χ0) is 12.1. The molecule has 0 aromatic carbocycles. The quantitative estimate of drug-likeness (QED) is 0.718. The van der Waals surface area contributed by atoms with E-state index in [1.807, 2.05) is 46.7 Å². The molecule has 0 aliphatic carbocycles. The molecule has 0 heterocycles. The van der Waals surface area contributed by atoms with Gasteiger partial charge in [-0.3, -0.25) is 0 Å². The smallest absolute Gasteiger partial charge is 0.410 e. The van der Waals surface area contributed by atoms with Crippen LogP contribution in [0, 0.1) is 0 Å². The van der Waals surface area contributed by atoms with E-state index >= 15 is 0 Å². The Kier molecular flexibility index (Phi) is 5.65. The summed E-state index contributed by atoms with van der Waals surface area (Å²) in [6.07, 6.45) is -0.230. The molecule has 0 aromatic rings. The van der Waals surface area contributed by atoms with E-state index in [2.05, 4.69) is 0 Å². The van der Waals surface area contributed by atoms with Crippen molar-refractivity contribution in [3.63, 3.8) is 0 Å². The molecule has 1 amide bonds. The average Bonchev–Trinajstić information content (AvgIpc) is 2.01. The lowest BCUT2D eigenvalue weighted by Gasteiger charge is -2.27. The first-order valence-electron chi connectivity index (χ1n) is 5.39. The number of hydrogen-bond donors (Lipinski definition) is 0. The van der Waals surface area contributed by atoms with E-state index in [9.17, 15) is 4.79 Å². The van der Waals surface area contributed by atoms with E-state index in [-0.39, 0.29) is 6.09 Å². The van der Waals surface area contributed by atoms with Gasteiger partial charge in [0.05, 0.1) is 0 Å². The minimum absolute atomic E-state index is 0.230. The number of amides is 1. The third kappa shape index (κ3) is 7.19. The number of likely N-dealkylation sites (N-methyl/N-ethyl adjacent to an activating group) is 2. The van der Waals surface area contributed by atoms with Crippen LogP contribution in [0.5, 0.6) is 0 Å². The third-order valence-corrected chi connectivity index (χ3v) is 1.85. The van der Waals surface area contributed by atoms with Crippen LogP contribution in [0.4, 0.5) is 4.79 Å². The van der Waals surface area contributed by atoms with Gasteiger partial charge in [0.15, 0.2) is 0 Å². The Labute approximate surface area is 93.2 Å². The summed E-state index contributed by atoms with van der Waals surface area (Å²) >= 11 is 0. The molecule has 0 saturated heterocycles. The van der Waals surface area contributed by atoms with Crippen molar-refractivity contribution in [2.24, 2.45) is 0 Å². The highest BCUT2D eigenvalue weighted by Crippen LogP contribution is 2.09. The van der Waals surface area contributed by atoms with Crippen molar-refractivity contribution in [2.75, 3.05) is 33.7 Å². The molecule has 4 heteroatoms. The summed E-state index contributed by atoms with van der Waals surface area (Å²) in [5.74, 6) is 0. The lowest BCUT2D eigenvalue weighted by molar-refractivity contribution is 0.0251. The highest BCUT2D eigenvalue weighted by molar-refractivity contribution is 5.68. The Morgan fingerprint density at radius 1 is 1.20 bits per heavy atom. The largest absolute Gasteiger partial charge is 0.444 e. The van der Waals surface area contributed by atoms with E-state index in [0.717, 1.165) is 6.54 Å². The Morgan fingerprint density at radius 2 is 1.73 bits per heavy atom. The number of rotatable bonds is 4. The summed E-state index contributed by atoms with van der Waals surface area (Å²) in [5.41, 5.74) is -0.414. The molecule has 0 bridgehead atoms. The van der Waals surface area contributed by atoms with Gasteiger partial charge in [-0.2, -0.15) is 0 Å². The average molecular weight is 216 g/mol. The Bertz CT molecular complexity index is 197. The van der Waals surface area contributed by atoms with Crippen molar-refractivity contribution in [3.05, 3.63) is 0 Å². The van der Waals surface area contributed by atoms with Crippen molar-refractivity contribution >= 4 is 6.09 Å². The highest BCUT2D eigenvalue weighted by Gasteiger charge is 2.20. The Morgan fingerprint density at radius 3 is 2.07 bits per heavy atom. The first-order chi connectivity index (χ1) is 6.76. The van der Waals surface area contributed by atoms with E-state index in [4.69, 9.17) is 4.74 Å². The van der Waals surface area contributed by atoms with Crippen molar-refractivity contribution in [1.29, 1.82) is 0 Å². The standard InChI is InChI=1S/C11H24N2O2/c1-7-13(9-8-12(5)6)10(14)15-11(2,3)4/h7-9H2,1-6H3. The fraction of sp³-hybridized carbons (Fsp3) is 0.909. The van der Waals surface area contributed by atoms with E-state index in [1.165, 1.54) is 0 Å². The van der Waals surface area contributed by atoms with E-state index < -0.39 is 5.60 Å². The fourth-order valence-corrected chi connectivity index (χ4v) is 1.03. The van der Waals surface area contributed by atoms with Gasteiger partial charge < -0.3 is 14.5 Å². The predicted molar refractivity (Wildman–Crippen MR) is 62.0 cm³/mol. The lowest BCUT2D eigenvalue weighted by atomic mass is 10.2. The molecule has 15 heavy (non-hydrogen) atoms. The first kappa shape index (κ1) is 14.2. The maximum Gasteiger partial charge on any atom is 0.410 e. The molecule has 0 saturated carbocycles. The zero-order valence-electron chi connectivity index (χ0n) is 10.8. The van der Waals surface area contributed by atoms with Gasteiger partial charge in [0.2, 0.25) is 0 Å². The van der Waals surface area contributed by atoms with Gasteiger partial charge in [-0.25, -0.2) is 4.79 Å². The summed E-state index contributed by atoms with van der Waals surface area (Å²) in [5, 5.41) is 0. The number of nitrogens with zero attached hydrogens (tertiary/aromatic N) is 2. The zero-order valence-corrected chi connectivity index (χ0v) is 10.8. The number of ether oxygens (including phenoxy) is 1. The van der Waals surface area contributed by atoms with Crippen LogP contribution >= 0.6 is 0 Å². The second-order valence-corrected chi connectivity index (χ2v) is 4.86. The van der Waals surface area contributed by atoms with Gasteiger partial charge in [0.1, 0.15) is 5.60 Å². The van der Waals surface area contributed by atoms with Crippen LogP contribution in [0.15, 0.2) is 0 Å².